The van der Waals surface area contributed by atoms with Gasteiger partial charge in [0.1, 0.15) is 0 Å². The van der Waals surface area contributed by atoms with Crippen molar-refractivity contribution in [1.29, 1.82) is 0 Å². The molecule has 0 aliphatic carbocycles. The van der Waals surface area contributed by atoms with Gasteiger partial charge in [0.2, 0.25) is 0 Å². The number of aliphatic imine (C=N–C) groups is 1. The van der Waals surface area contributed by atoms with E-state index in [2.05, 4.69) is 27.6 Å². The number of hydrogen-bond acceptors (Lipinski definition) is 2. The van der Waals surface area contributed by atoms with Gasteiger partial charge in [-0.15, -0.1) is 24.0 Å². The molecule has 1 atom stereocenters. The summed E-state index contributed by atoms with van der Waals surface area (Å²) >= 11 is 0. The summed E-state index contributed by atoms with van der Waals surface area (Å²) in [6, 6.07) is 7.13. The standard InChI is InChI=1S/C18H24F3N5.HI/c1-14(13-26-11-3-9-25-26)12-24-17(22-2)23-10-8-15-4-6-16(7-5-15)18(19,20)21;/h3-7,9,11,14H,8,10,12-13H2,1-2H3,(H2,22,23,24);1H. The first-order valence-electron chi connectivity index (χ1n) is 8.46. The molecule has 9 heteroatoms. The first kappa shape index (κ1) is 23.3. The van der Waals surface area contributed by atoms with E-state index in [1.807, 2.05) is 16.9 Å². The number of nitrogens with one attached hydrogen (secondary N) is 2. The Balaban J connectivity index is 0.00000364. The minimum atomic E-state index is -4.30. The summed E-state index contributed by atoms with van der Waals surface area (Å²) in [7, 11) is 1.69. The van der Waals surface area contributed by atoms with Crippen LogP contribution in [-0.4, -0.2) is 35.9 Å². The monoisotopic (exact) mass is 495 g/mol. The molecule has 2 aromatic rings. The normalized spacial score (nSPS) is 13.0. The number of aromatic nitrogens is 2. The smallest absolute Gasteiger partial charge is 0.356 e. The van der Waals surface area contributed by atoms with Gasteiger partial charge in [-0.05, 0) is 36.1 Å². The summed E-state index contributed by atoms with van der Waals surface area (Å²) < 4.78 is 39.5. The molecule has 2 N–H and O–H groups in total. The Morgan fingerprint density at radius 2 is 1.93 bits per heavy atom. The molecule has 0 aliphatic heterocycles. The highest BCUT2D eigenvalue weighted by Gasteiger charge is 2.29. The van der Waals surface area contributed by atoms with E-state index >= 15 is 0 Å². The summed E-state index contributed by atoms with van der Waals surface area (Å²) in [6.45, 7) is 4.24. The molecule has 0 saturated heterocycles. The number of benzene rings is 1. The van der Waals surface area contributed by atoms with Gasteiger partial charge in [0, 0.05) is 39.1 Å². The predicted molar refractivity (Wildman–Crippen MR) is 111 cm³/mol. The van der Waals surface area contributed by atoms with E-state index in [1.54, 1.807) is 13.2 Å². The van der Waals surface area contributed by atoms with E-state index in [1.165, 1.54) is 12.1 Å². The summed E-state index contributed by atoms with van der Waals surface area (Å²) in [5.41, 5.74) is 0.214. The van der Waals surface area contributed by atoms with Crippen LogP contribution in [-0.2, 0) is 19.1 Å². The van der Waals surface area contributed by atoms with Crippen molar-refractivity contribution in [2.24, 2.45) is 10.9 Å². The van der Waals surface area contributed by atoms with E-state index < -0.39 is 11.7 Å². The third-order valence-corrected chi connectivity index (χ3v) is 3.89. The van der Waals surface area contributed by atoms with Crippen LogP contribution in [0.2, 0.25) is 0 Å². The summed E-state index contributed by atoms with van der Waals surface area (Å²) in [4.78, 5) is 4.16. The SMILES string of the molecule is CN=C(NCCc1ccc(C(F)(F)F)cc1)NCC(C)Cn1cccn1.I. The van der Waals surface area contributed by atoms with E-state index in [9.17, 15) is 13.2 Å². The highest BCUT2D eigenvalue weighted by molar-refractivity contribution is 14.0. The molecule has 0 aliphatic rings. The zero-order chi connectivity index (χ0) is 19.0. The third-order valence-electron chi connectivity index (χ3n) is 3.89. The number of nitrogens with zero attached hydrogens (tertiary/aromatic N) is 3. The van der Waals surface area contributed by atoms with Crippen LogP contribution < -0.4 is 10.6 Å². The number of rotatable bonds is 7. The molecule has 0 saturated carbocycles. The average molecular weight is 495 g/mol. The van der Waals surface area contributed by atoms with Gasteiger partial charge in [0.05, 0.1) is 5.56 Å². The molecule has 150 valence electrons. The average Bonchev–Trinajstić information content (AvgIpc) is 3.10. The van der Waals surface area contributed by atoms with Crippen LogP contribution in [0, 0.1) is 5.92 Å². The molecule has 27 heavy (non-hydrogen) atoms. The fraction of sp³-hybridized carbons (Fsp3) is 0.444. The van der Waals surface area contributed by atoms with Crippen molar-refractivity contribution in [2.45, 2.75) is 26.1 Å². The van der Waals surface area contributed by atoms with Crippen molar-refractivity contribution in [2.75, 3.05) is 20.1 Å². The fourth-order valence-corrected chi connectivity index (χ4v) is 2.47. The Morgan fingerprint density at radius 1 is 1.22 bits per heavy atom. The largest absolute Gasteiger partial charge is 0.416 e. The van der Waals surface area contributed by atoms with Crippen LogP contribution >= 0.6 is 24.0 Å². The van der Waals surface area contributed by atoms with Gasteiger partial charge in [0.15, 0.2) is 5.96 Å². The van der Waals surface area contributed by atoms with Crippen LogP contribution in [0.1, 0.15) is 18.1 Å². The number of halogens is 4. The second-order valence-corrected chi connectivity index (χ2v) is 6.16. The molecular weight excluding hydrogens is 470 g/mol. The van der Waals surface area contributed by atoms with Crippen LogP contribution in [0.5, 0.6) is 0 Å². The van der Waals surface area contributed by atoms with Crippen LogP contribution in [0.25, 0.3) is 0 Å². The predicted octanol–water partition coefficient (Wildman–Crippen LogP) is 3.56. The molecule has 0 bridgehead atoms. The maximum absolute atomic E-state index is 12.6. The van der Waals surface area contributed by atoms with Crippen molar-refractivity contribution >= 4 is 29.9 Å². The maximum atomic E-state index is 12.6. The molecule has 0 spiro atoms. The van der Waals surface area contributed by atoms with Gasteiger partial charge in [-0.25, -0.2) is 0 Å². The molecule has 1 aromatic heterocycles. The second kappa shape index (κ2) is 11.2. The lowest BCUT2D eigenvalue weighted by molar-refractivity contribution is -0.137. The number of alkyl halides is 3. The zero-order valence-corrected chi connectivity index (χ0v) is 17.7. The fourth-order valence-electron chi connectivity index (χ4n) is 2.47. The first-order valence-corrected chi connectivity index (χ1v) is 8.46. The molecule has 2 rings (SSSR count). The molecule has 0 fully saturated rings. The quantitative estimate of drug-likeness (QED) is 0.351. The zero-order valence-electron chi connectivity index (χ0n) is 15.3. The van der Waals surface area contributed by atoms with Crippen LogP contribution in [0.15, 0.2) is 47.7 Å². The summed E-state index contributed by atoms with van der Waals surface area (Å²) in [5, 5.41) is 10.6. The number of guanidine groups is 1. The Bertz CT molecular complexity index is 684. The molecule has 0 amide bonds. The lowest BCUT2D eigenvalue weighted by atomic mass is 10.1. The second-order valence-electron chi connectivity index (χ2n) is 6.16. The minimum absolute atomic E-state index is 0. The Kier molecular flexibility index (Phi) is 9.61. The summed E-state index contributed by atoms with van der Waals surface area (Å²) in [5.74, 6) is 1.03. The lowest BCUT2D eigenvalue weighted by Gasteiger charge is -2.16. The Labute approximate surface area is 174 Å². The van der Waals surface area contributed by atoms with Crippen molar-refractivity contribution in [1.82, 2.24) is 20.4 Å². The first-order chi connectivity index (χ1) is 12.4. The highest BCUT2D eigenvalue weighted by atomic mass is 127. The summed E-state index contributed by atoms with van der Waals surface area (Å²) in [6.07, 6.45) is -0.00715. The lowest BCUT2D eigenvalue weighted by Crippen LogP contribution is -2.40. The molecule has 1 heterocycles. The number of hydrogen-bond donors (Lipinski definition) is 2. The van der Waals surface area contributed by atoms with Crippen LogP contribution in [0.3, 0.4) is 0 Å². The van der Waals surface area contributed by atoms with Crippen molar-refractivity contribution in [3.05, 3.63) is 53.9 Å². The van der Waals surface area contributed by atoms with Gasteiger partial charge in [-0.1, -0.05) is 19.1 Å². The van der Waals surface area contributed by atoms with Crippen molar-refractivity contribution in [3.8, 4) is 0 Å². The van der Waals surface area contributed by atoms with Crippen molar-refractivity contribution in [3.63, 3.8) is 0 Å². The Hall–Kier alpha value is -1.78. The van der Waals surface area contributed by atoms with Gasteiger partial charge in [0.25, 0.3) is 0 Å². The van der Waals surface area contributed by atoms with Crippen molar-refractivity contribution < 1.29 is 13.2 Å². The van der Waals surface area contributed by atoms with Gasteiger partial charge >= 0.3 is 6.18 Å². The van der Waals surface area contributed by atoms with Gasteiger partial charge < -0.3 is 10.6 Å². The van der Waals surface area contributed by atoms with E-state index in [0.717, 1.165) is 30.8 Å². The van der Waals surface area contributed by atoms with E-state index in [4.69, 9.17) is 0 Å². The maximum Gasteiger partial charge on any atom is 0.416 e. The Morgan fingerprint density at radius 3 is 2.48 bits per heavy atom. The molecule has 5 nitrogen and oxygen atoms in total. The van der Waals surface area contributed by atoms with E-state index in [-0.39, 0.29) is 24.0 Å². The van der Waals surface area contributed by atoms with E-state index in [0.29, 0.717) is 24.8 Å². The minimum Gasteiger partial charge on any atom is -0.356 e. The van der Waals surface area contributed by atoms with Crippen LogP contribution in [0.4, 0.5) is 13.2 Å². The molecule has 1 unspecified atom stereocenters. The molecule has 1 aromatic carbocycles. The van der Waals surface area contributed by atoms with Gasteiger partial charge in [-0.3, -0.25) is 9.67 Å². The molecular formula is C18H25F3IN5. The topological polar surface area (TPSA) is 54.2 Å². The highest BCUT2D eigenvalue weighted by Crippen LogP contribution is 2.29. The third kappa shape index (κ3) is 8.19. The molecule has 0 radical (unpaired) electrons. The van der Waals surface area contributed by atoms with Gasteiger partial charge in [-0.2, -0.15) is 18.3 Å².